The van der Waals surface area contributed by atoms with Crippen LogP contribution in [0.25, 0.3) is 0 Å². The summed E-state index contributed by atoms with van der Waals surface area (Å²) in [5, 5.41) is 11.9. The molecule has 0 spiro atoms. The fourth-order valence-corrected chi connectivity index (χ4v) is 1.55. The van der Waals surface area contributed by atoms with Gasteiger partial charge in [-0.25, -0.2) is 4.79 Å². The number of nitrogen functional groups attached to an aromatic ring is 1. The van der Waals surface area contributed by atoms with Crippen LogP contribution < -0.4 is 22.3 Å². The topological polar surface area (TPSA) is 113 Å². The molecular weight excluding hydrogens is 236 g/mol. The standard InChI is InChI=1S/C11H20N4O3/c1-6(2)5-15-9(12)8(13-4-7(3)16)10(17)14-11(15)18/h6-7,13,16H,4-5,12H2,1-3H3,(H,14,17,18). The number of hydrogen-bond donors (Lipinski definition) is 4. The summed E-state index contributed by atoms with van der Waals surface area (Å²) in [6.07, 6.45) is -0.616. The maximum atomic E-state index is 11.6. The van der Waals surface area contributed by atoms with E-state index in [2.05, 4.69) is 10.3 Å². The molecule has 1 atom stereocenters. The zero-order chi connectivity index (χ0) is 13.9. The Morgan fingerprint density at radius 1 is 1.39 bits per heavy atom. The smallest absolute Gasteiger partial charge is 0.330 e. The van der Waals surface area contributed by atoms with Crippen LogP contribution in [0, 0.1) is 5.92 Å². The molecule has 1 heterocycles. The van der Waals surface area contributed by atoms with Crippen LogP contribution in [0.1, 0.15) is 20.8 Å². The van der Waals surface area contributed by atoms with Gasteiger partial charge in [0.2, 0.25) is 0 Å². The van der Waals surface area contributed by atoms with Crippen LogP contribution in [-0.2, 0) is 6.54 Å². The molecule has 0 radical (unpaired) electrons. The van der Waals surface area contributed by atoms with Crippen LogP contribution in [0.4, 0.5) is 11.5 Å². The highest BCUT2D eigenvalue weighted by Gasteiger charge is 2.13. The third-order valence-electron chi connectivity index (χ3n) is 2.36. The minimum Gasteiger partial charge on any atom is -0.392 e. The van der Waals surface area contributed by atoms with Crippen LogP contribution >= 0.6 is 0 Å². The quantitative estimate of drug-likeness (QED) is 0.571. The largest absolute Gasteiger partial charge is 0.392 e. The lowest BCUT2D eigenvalue weighted by Gasteiger charge is -2.15. The highest BCUT2D eigenvalue weighted by Crippen LogP contribution is 2.11. The Morgan fingerprint density at radius 3 is 2.50 bits per heavy atom. The summed E-state index contributed by atoms with van der Waals surface area (Å²) >= 11 is 0. The second-order valence-electron chi connectivity index (χ2n) is 4.75. The van der Waals surface area contributed by atoms with E-state index >= 15 is 0 Å². The van der Waals surface area contributed by atoms with Crippen molar-refractivity contribution in [1.29, 1.82) is 0 Å². The third kappa shape index (κ3) is 3.36. The molecule has 0 saturated heterocycles. The summed E-state index contributed by atoms with van der Waals surface area (Å²) in [7, 11) is 0. The Labute approximate surface area is 105 Å². The van der Waals surface area contributed by atoms with E-state index in [-0.39, 0.29) is 24.0 Å². The molecule has 1 aromatic rings. The maximum Gasteiger partial charge on any atom is 0.330 e. The SMILES string of the molecule is CC(C)Cn1c(N)c(NCC(C)O)c(=O)[nH]c1=O. The van der Waals surface area contributed by atoms with Gasteiger partial charge in [0.15, 0.2) is 0 Å². The molecule has 102 valence electrons. The van der Waals surface area contributed by atoms with Crippen molar-refractivity contribution < 1.29 is 5.11 Å². The lowest BCUT2D eigenvalue weighted by atomic mass is 10.2. The first-order valence-corrected chi connectivity index (χ1v) is 5.87. The highest BCUT2D eigenvalue weighted by molar-refractivity contribution is 5.60. The average Bonchev–Trinajstić information content (AvgIpc) is 2.23. The second-order valence-corrected chi connectivity index (χ2v) is 4.75. The maximum absolute atomic E-state index is 11.6. The molecule has 0 aliphatic carbocycles. The summed E-state index contributed by atoms with van der Waals surface area (Å²) in [6.45, 7) is 6.08. The van der Waals surface area contributed by atoms with E-state index in [1.54, 1.807) is 6.92 Å². The van der Waals surface area contributed by atoms with Gasteiger partial charge in [-0.05, 0) is 12.8 Å². The summed E-state index contributed by atoms with van der Waals surface area (Å²) in [6, 6.07) is 0. The predicted octanol–water partition coefficient (Wildman–Crippen LogP) is -0.432. The number of nitrogens with two attached hydrogens (primary N) is 1. The molecule has 0 bridgehead atoms. The van der Waals surface area contributed by atoms with E-state index in [4.69, 9.17) is 5.73 Å². The van der Waals surface area contributed by atoms with Gasteiger partial charge in [0.05, 0.1) is 6.10 Å². The van der Waals surface area contributed by atoms with Crippen molar-refractivity contribution in [3.63, 3.8) is 0 Å². The summed E-state index contributed by atoms with van der Waals surface area (Å²) in [4.78, 5) is 25.5. The number of aliphatic hydroxyl groups excluding tert-OH is 1. The highest BCUT2D eigenvalue weighted by atomic mass is 16.3. The molecule has 0 aliphatic rings. The van der Waals surface area contributed by atoms with E-state index in [0.717, 1.165) is 0 Å². The van der Waals surface area contributed by atoms with Crippen molar-refractivity contribution in [3.05, 3.63) is 20.8 Å². The summed E-state index contributed by atoms with van der Waals surface area (Å²) in [5.74, 6) is 0.318. The summed E-state index contributed by atoms with van der Waals surface area (Å²) in [5.41, 5.74) is 4.85. The Bertz CT molecular complexity index is 516. The van der Waals surface area contributed by atoms with Crippen LogP contribution in [0.3, 0.4) is 0 Å². The first-order chi connectivity index (χ1) is 8.32. The first kappa shape index (κ1) is 14.3. The Balaban J connectivity index is 3.18. The molecule has 1 rings (SSSR count). The van der Waals surface area contributed by atoms with Gasteiger partial charge in [0.1, 0.15) is 11.5 Å². The van der Waals surface area contributed by atoms with Crippen LogP contribution in [-0.4, -0.2) is 27.3 Å². The van der Waals surface area contributed by atoms with Gasteiger partial charge in [-0.2, -0.15) is 0 Å². The molecule has 5 N–H and O–H groups in total. The van der Waals surface area contributed by atoms with Gasteiger partial charge in [0, 0.05) is 13.1 Å². The van der Waals surface area contributed by atoms with Crippen molar-refractivity contribution >= 4 is 11.5 Å². The fraction of sp³-hybridized carbons (Fsp3) is 0.636. The van der Waals surface area contributed by atoms with Gasteiger partial charge in [-0.1, -0.05) is 13.8 Å². The molecule has 7 heteroatoms. The predicted molar refractivity (Wildman–Crippen MR) is 70.7 cm³/mol. The van der Waals surface area contributed by atoms with Gasteiger partial charge >= 0.3 is 5.69 Å². The van der Waals surface area contributed by atoms with Gasteiger partial charge in [-0.15, -0.1) is 0 Å². The van der Waals surface area contributed by atoms with E-state index in [1.165, 1.54) is 4.57 Å². The molecule has 7 nitrogen and oxygen atoms in total. The number of rotatable bonds is 5. The second kappa shape index (κ2) is 5.72. The molecule has 0 aromatic carbocycles. The average molecular weight is 256 g/mol. The molecule has 18 heavy (non-hydrogen) atoms. The van der Waals surface area contributed by atoms with Crippen molar-refractivity contribution in [2.45, 2.75) is 33.4 Å². The molecule has 0 aliphatic heterocycles. The van der Waals surface area contributed by atoms with E-state index in [0.29, 0.717) is 6.54 Å². The van der Waals surface area contributed by atoms with E-state index < -0.39 is 17.4 Å². The van der Waals surface area contributed by atoms with E-state index in [9.17, 15) is 14.7 Å². The van der Waals surface area contributed by atoms with Crippen LogP contribution in [0.2, 0.25) is 0 Å². The Morgan fingerprint density at radius 2 is 2.00 bits per heavy atom. The number of nitrogens with one attached hydrogen (secondary N) is 2. The van der Waals surface area contributed by atoms with Gasteiger partial charge in [0.25, 0.3) is 5.56 Å². The lowest BCUT2D eigenvalue weighted by Crippen LogP contribution is -2.35. The first-order valence-electron chi connectivity index (χ1n) is 5.87. The number of nitrogens with zero attached hydrogens (tertiary/aromatic N) is 1. The number of aromatic amines is 1. The number of aromatic nitrogens is 2. The van der Waals surface area contributed by atoms with E-state index in [1.807, 2.05) is 13.8 Å². The number of aliphatic hydroxyl groups is 1. The molecular formula is C11H20N4O3. The normalized spacial score (nSPS) is 12.7. The van der Waals surface area contributed by atoms with Crippen LogP contribution in [0.15, 0.2) is 9.59 Å². The third-order valence-corrected chi connectivity index (χ3v) is 2.36. The van der Waals surface area contributed by atoms with Crippen molar-refractivity contribution in [1.82, 2.24) is 9.55 Å². The number of H-pyrrole nitrogens is 1. The Hall–Kier alpha value is -1.76. The van der Waals surface area contributed by atoms with Crippen molar-refractivity contribution in [2.24, 2.45) is 5.92 Å². The van der Waals surface area contributed by atoms with Gasteiger partial charge < -0.3 is 16.2 Å². The minimum absolute atomic E-state index is 0.0955. The number of anilines is 2. The lowest BCUT2D eigenvalue weighted by molar-refractivity contribution is 0.208. The Kier molecular flexibility index (Phi) is 4.55. The van der Waals surface area contributed by atoms with Crippen molar-refractivity contribution in [3.8, 4) is 0 Å². The zero-order valence-corrected chi connectivity index (χ0v) is 10.9. The zero-order valence-electron chi connectivity index (χ0n) is 10.9. The van der Waals surface area contributed by atoms with Crippen LogP contribution in [0.5, 0.6) is 0 Å². The molecule has 0 saturated carbocycles. The molecule has 1 aromatic heterocycles. The molecule has 1 unspecified atom stereocenters. The monoisotopic (exact) mass is 256 g/mol. The minimum atomic E-state index is -0.616. The number of hydrogen-bond acceptors (Lipinski definition) is 5. The van der Waals surface area contributed by atoms with Crippen molar-refractivity contribution in [2.75, 3.05) is 17.6 Å². The fourth-order valence-electron chi connectivity index (χ4n) is 1.55. The van der Waals surface area contributed by atoms with Gasteiger partial charge in [-0.3, -0.25) is 14.3 Å². The summed E-state index contributed by atoms with van der Waals surface area (Å²) < 4.78 is 1.32. The molecule has 0 fully saturated rings. The molecule has 0 amide bonds.